The first-order valence-corrected chi connectivity index (χ1v) is 7.26. The summed E-state index contributed by atoms with van der Waals surface area (Å²) >= 11 is 0. The number of amides is 1. The fourth-order valence-corrected chi connectivity index (χ4v) is 4.08. The maximum Gasteiger partial charge on any atom is 0.237 e. The first kappa shape index (κ1) is 14.7. The Kier molecular flexibility index (Phi) is 2.93. The summed E-state index contributed by atoms with van der Waals surface area (Å²) in [5.41, 5.74) is -0.900. The molecule has 1 aromatic rings. The predicted octanol–water partition coefficient (Wildman–Crippen LogP) is 2.57. The second kappa shape index (κ2) is 4.39. The van der Waals surface area contributed by atoms with E-state index in [1.165, 1.54) is 11.0 Å². The number of halogens is 1. The van der Waals surface area contributed by atoms with Crippen molar-refractivity contribution in [2.24, 2.45) is 11.3 Å². The number of ketones is 1. The third-order valence-corrected chi connectivity index (χ3v) is 4.99. The van der Waals surface area contributed by atoms with Crippen LogP contribution in [0.1, 0.15) is 32.3 Å². The first-order valence-electron chi connectivity index (χ1n) is 7.26. The van der Waals surface area contributed by atoms with Crippen molar-refractivity contribution >= 4 is 17.4 Å². The van der Waals surface area contributed by atoms with Gasteiger partial charge in [0.05, 0.1) is 17.2 Å². The second-order valence-electron chi connectivity index (χ2n) is 6.89. The Morgan fingerprint density at radius 2 is 2.05 bits per heavy atom. The van der Waals surface area contributed by atoms with Gasteiger partial charge in [-0.3, -0.25) is 9.59 Å². The molecule has 2 aliphatic rings. The van der Waals surface area contributed by atoms with Crippen LogP contribution in [0.15, 0.2) is 18.2 Å². The highest BCUT2D eigenvalue weighted by Crippen LogP contribution is 2.55. The predicted molar refractivity (Wildman–Crippen MR) is 78.6 cm³/mol. The lowest BCUT2D eigenvalue weighted by Crippen LogP contribution is -2.51. The van der Waals surface area contributed by atoms with Gasteiger partial charge in [0.15, 0.2) is 5.78 Å². The molecule has 5 heteroatoms. The van der Waals surface area contributed by atoms with Gasteiger partial charge in [-0.1, -0.05) is 26.0 Å². The van der Waals surface area contributed by atoms with Crippen LogP contribution in [0.4, 0.5) is 10.1 Å². The average molecular weight is 300 g/mol. The Bertz CT molecular complexity index is 735. The van der Waals surface area contributed by atoms with Crippen LogP contribution < -0.4 is 4.90 Å². The van der Waals surface area contributed by atoms with Crippen molar-refractivity contribution in [3.05, 3.63) is 29.6 Å². The summed E-state index contributed by atoms with van der Waals surface area (Å²) in [6, 6.07) is 6.66. The summed E-state index contributed by atoms with van der Waals surface area (Å²) in [6.07, 6.45) is 0.433. The van der Waals surface area contributed by atoms with Crippen molar-refractivity contribution in [3.8, 4) is 6.07 Å². The van der Waals surface area contributed by atoms with E-state index < -0.39 is 22.6 Å². The van der Waals surface area contributed by atoms with Gasteiger partial charge in [-0.25, -0.2) is 4.39 Å². The summed E-state index contributed by atoms with van der Waals surface area (Å²) < 4.78 is 14.2. The number of hydrogen-bond donors (Lipinski definition) is 0. The molecular formula is C17H17FN2O2. The molecule has 1 aromatic carbocycles. The van der Waals surface area contributed by atoms with Gasteiger partial charge in [0, 0.05) is 12.5 Å². The Morgan fingerprint density at radius 1 is 1.36 bits per heavy atom. The molecule has 0 bridgehead atoms. The molecule has 1 aliphatic heterocycles. The van der Waals surface area contributed by atoms with Crippen LogP contribution in [-0.2, 0) is 15.0 Å². The van der Waals surface area contributed by atoms with E-state index in [9.17, 15) is 19.2 Å². The second-order valence-corrected chi connectivity index (χ2v) is 6.89. The fraction of sp³-hybridized carbons (Fsp3) is 0.471. The number of hydrogen-bond acceptors (Lipinski definition) is 3. The maximum absolute atomic E-state index is 14.2. The molecule has 22 heavy (non-hydrogen) atoms. The van der Waals surface area contributed by atoms with Crippen molar-refractivity contribution in [1.29, 1.82) is 5.26 Å². The molecule has 0 N–H and O–H groups in total. The van der Waals surface area contributed by atoms with E-state index in [1.807, 2.05) is 6.07 Å². The van der Waals surface area contributed by atoms with E-state index in [0.717, 1.165) is 0 Å². The summed E-state index contributed by atoms with van der Waals surface area (Å²) in [6.45, 7) is 3.51. The largest absolute Gasteiger partial charge is 0.312 e. The molecule has 0 radical (unpaired) electrons. The quantitative estimate of drug-likeness (QED) is 0.740. The van der Waals surface area contributed by atoms with Crippen LogP contribution >= 0.6 is 0 Å². The van der Waals surface area contributed by atoms with Gasteiger partial charge < -0.3 is 4.90 Å². The van der Waals surface area contributed by atoms with E-state index in [0.29, 0.717) is 12.0 Å². The van der Waals surface area contributed by atoms with Crippen LogP contribution in [0.5, 0.6) is 0 Å². The Balaban J connectivity index is 2.23. The zero-order valence-corrected chi connectivity index (χ0v) is 12.8. The molecule has 2 atom stereocenters. The molecule has 2 unspecified atom stereocenters. The van der Waals surface area contributed by atoms with Gasteiger partial charge in [0.25, 0.3) is 0 Å². The molecule has 1 spiro atoms. The van der Waals surface area contributed by atoms with E-state index in [1.54, 1.807) is 33.0 Å². The number of carbonyl (C=O) groups excluding carboxylic acids is 2. The molecule has 3 rings (SSSR count). The first-order chi connectivity index (χ1) is 10.2. The van der Waals surface area contributed by atoms with Gasteiger partial charge in [-0.2, -0.15) is 5.26 Å². The number of anilines is 1. The number of likely N-dealkylation sites (N-methyl/N-ethyl adjacent to an activating group) is 1. The third-order valence-electron chi connectivity index (χ3n) is 4.99. The summed E-state index contributed by atoms with van der Waals surface area (Å²) in [5.74, 6) is -1.65. The molecule has 114 valence electrons. The molecule has 1 amide bonds. The molecule has 0 aromatic heterocycles. The number of Topliss-reactive ketones (excluding diaryl/α,β-unsaturated/α-hetero) is 1. The Hall–Kier alpha value is -2.22. The number of benzene rings is 1. The Morgan fingerprint density at radius 3 is 2.68 bits per heavy atom. The SMILES string of the molecule is CN1C(=O)C2(CC(C#N)C(=O)C(C)(C)C2)c2cccc(F)c21. The van der Waals surface area contributed by atoms with Gasteiger partial charge in [0.2, 0.25) is 5.91 Å². The van der Waals surface area contributed by atoms with Crippen LogP contribution in [-0.4, -0.2) is 18.7 Å². The smallest absolute Gasteiger partial charge is 0.237 e. The van der Waals surface area contributed by atoms with E-state index in [4.69, 9.17) is 0 Å². The maximum atomic E-state index is 14.2. The lowest BCUT2D eigenvalue weighted by Gasteiger charge is -2.42. The van der Waals surface area contributed by atoms with Gasteiger partial charge in [-0.05, 0) is 24.5 Å². The van der Waals surface area contributed by atoms with E-state index in [2.05, 4.69) is 0 Å². The van der Waals surface area contributed by atoms with Crippen molar-refractivity contribution in [1.82, 2.24) is 0 Å². The molecule has 0 saturated heterocycles. The molecule has 1 saturated carbocycles. The summed E-state index contributed by atoms with van der Waals surface area (Å²) in [7, 11) is 1.55. The fourth-order valence-electron chi connectivity index (χ4n) is 4.08. The number of rotatable bonds is 0. The van der Waals surface area contributed by atoms with E-state index in [-0.39, 0.29) is 23.8 Å². The van der Waals surface area contributed by atoms with Gasteiger partial charge in [-0.15, -0.1) is 0 Å². The minimum absolute atomic E-state index is 0.130. The lowest BCUT2D eigenvalue weighted by molar-refractivity contribution is -0.138. The zero-order valence-electron chi connectivity index (χ0n) is 12.8. The summed E-state index contributed by atoms with van der Waals surface area (Å²) in [5, 5.41) is 9.32. The van der Waals surface area contributed by atoms with Crippen LogP contribution in [0.3, 0.4) is 0 Å². The third kappa shape index (κ3) is 1.67. The highest BCUT2D eigenvalue weighted by Gasteiger charge is 2.59. The molecule has 1 aliphatic carbocycles. The number of carbonyl (C=O) groups is 2. The van der Waals surface area contributed by atoms with Crippen LogP contribution in [0, 0.1) is 28.5 Å². The number of nitrogens with zero attached hydrogens (tertiary/aromatic N) is 2. The number of para-hydroxylation sites is 1. The van der Waals surface area contributed by atoms with E-state index >= 15 is 0 Å². The average Bonchev–Trinajstić information content (AvgIpc) is 2.66. The molecule has 4 nitrogen and oxygen atoms in total. The number of fused-ring (bicyclic) bond motifs is 2. The normalized spacial score (nSPS) is 29.6. The van der Waals surface area contributed by atoms with Crippen molar-refractivity contribution in [2.75, 3.05) is 11.9 Å². The number of nitriles is 1. The zero-order chi connectivity index (χ0) is 16.3. The van der Waals surface area contributed by atoms with Crippen LogP contribution in [0.2, 0.25) is 0 Å². The molecular weight excluding hydrogens is 283 g/mol. The molecule has 1 fully saturated rings. The standard InChI is InChI=1S/C17H17FN2O2/c1-16(2)9-17(7-10(8-19)14(16)21)11-5-4-6-12(18)13(11)20(3)15(17)22/h4-6,10H,7,9H2,1-3H3. The van der Waals surface area contributed by atoms with Crippen molar-refractivity contribution in [3.63, 3.8) is 0 Å². The minimum atomic E-state index is -0.982. The highest BCUT2D eigenvalue weighted by atomic mass is 19.1. The van der Waals surface area contributed by atoms with Gasteiger partial charge >= 0.3 is 0 Å². The van der Waals surface area contributed by atoms with Gasteiger partial charge in [0.1, 0.15) is 11.7 Å². The lowest BCUT2D eigenvalue weighted by atomic mass is 9.57. The molecule has 1 heterocycles. The van der Waals surface area contributed by atoms with Crippen LogP contribution in [0.25, 0.3) is 0 Å². The monoisotopic (exact) mass is 300 g/mol. The van der Waals surface area contributed by atoms with Crippen molar-refractivity contribution in [2.45, 2.75) is 32.1 Å². The minimum Gasteiger partial charge on any atom is -0.312 e. The topological polar surface area (TPSA) is 61.2 Å². The highest BCUT2D eigenvalue weighted by molar-refractivity contribution is 6.09. The summed E-state index contributed by atoms with van der Waals surface area (Å²) in [4.78, 5) is 26.6. The van der Waals surface area contributed by atoms with Crippen molar-refractivity contribution < 1.29 is 14.0 Å². The Labute approximate surface area is 128 Å².